The van der Waals surface area contributed by atoms with Gasteiger partial charge in [0.05, 0.1) is 17.7 Å². The zero-order chi connectivity index (χ0) is 12.3. The molecule has 0 aliphatic carbocycles. The number of carboxylic acid groups (broad SMARTS) is 2. The van der Waals surface area contributed by atoms with E-state index in [1.807, 2.05) is 0 Å². The van der Waals surface area contributed by atoms with Gasteiger partial charge in [0.1, 0.15) is 0 Å². The third-order valence-corrected chi connectivity index (χ3v) is 2.25. The Balaban J connectivity index is 3.49. The molecule has 16 heavy (non-hydrogen) atoms. The first-order valence-electron chi connectivity index (χ1n) is 4.57. The van der Waals surface area contributed by atoms with Gasteiger partial charge in [-0.25, -0.2) is 9.59 Å². The standard InChI is InChI=1S/C11H12O5/c1-6-3-4-7(10(12)13)8(5-16-2)9(6)11(14)15/h3-4H,5H2,1-2H3,(H,12,13)(H,14,15). The van der Waals surface area contributed by atoms with E-state index in [2.05, 4.69) is 0 Å². The van der Waals surface area contributed by atoms with E-state index in [0.717, 1.165) is 0 Å². The summed E-state index contributed by atoms with van der Waals surface area (Å²) in [5.41, 5.74) is 0.679. The highest BCUT2D eigenvalue weighted by Gasteiger charge is 2.20. The van der Waals surface area contributed by atoms with E-state index in [-0.39, 0.29) is 23.3 Å². The Bertz CT molecular complexity index is 436. The number of hydrogen-bond donors (Lipinski definition) is 2. The Labute approximate surface area is 92.3 Å². The van der Waals surface area contributed by atoms with Gasteiger partial charge in [0, 0.05) is 12.7 Å². The van der Waals surface area contributed by atoms with E-state index in [0.29, 0.717) is 5.56 Å². The number of rotatable bonds is 4. The lowest BCUT2D eigenvalue weighted by Gasteiger charge is -2.11. The number of ether oxygens (including phenoxy) is 1. The topological polar surface area (TPSA) is 83.8 Å². The maximum atomic E-state index is 11.0. The largest absolute Gasteiger partial charge is 0.478 e. The van der Waals surface area contributed by atoms with Gasteiger partial charge in [-0.15, -0.1) is 0 Å². The number of carbonyl (C=O) groups is 2. The number of hydrogen-bond acceptors (Lipinski definition) is 3. The van der Waals surface area contributed by atoms with Crippen LogP contribution in [-0.2, 0) is 11.3 Å². The first-order valence-corrected chi connectivity index (χ1v) is 4.57. The van der Waals surface area contributed by atoms with Crippen LogP contribution in [0.1, 0.15) is 31.8 Å². The molecule has 0 heterocycles. The molecule has 86 valence electrons. The summed E-state index contributed by atoms with van der Waals surface area (Å²) in [5.74, 6) is -2.30. The van der Waals surface area contributed by atoms with Crippen molar-refractivity contribution in [3.63, 3.8) is 0 Å². The predicted octanol–water partition coefficient (Wildman–Crippen LogP) is 1.54. The van der Waals surface area contributed by atoms with Gasteiger partial charge >= 0.3 is 11.9 Å². The monoisotopic (exact) mass is 224 g/mol. The molecule has 0 saturated carbocycles. The summed E-state index contributed by atoms with van der Waals surface area (Å²) in [6.45, 7) is 1.58. The second-order valence-corrected chi connectivity index (χ2v) is 3.33. The normalized spacial score (nSPS) is 10.1. The van der Waals surface area contributed by atoms with Crippen molar-refractivity contribution < 1.29 is 24.5 Å². The van der Waals surface area contributed by atoms with Gasteiger partial charge < -0.3 is 14.9 Å². The quantitative estimate of drug-likeness (QED) is 0.810. The molecule has 5 nitrogen and oxygen atoms in total. The van der Waals surface area contributed by atoms with Crippen LogP contribution in [0.5, 0.6) is 0 Å². The van der Waals surface area contributed by atoms with E-state index in [9.17, 15) is 9.59 Å². The molecule has 5 heteroatoms. The molecule has 0 aliphatic rings. The molecule has 0 spiro atoms. The summed E-state index contributed by atoms with van der Waals surface area (Å²) < 4.78 is 4.84. The highest BCUT2D eigenvalue weighted by Crippen LogP contribution is 2.20. The fraction of sp³-hybridized carbons (Fsp3) is 0.273. The van der Waals surface area contributed by atoms with Crippen LogP contribution in [0.25, 0.3) is 0 Å². The van der Waals surface area contributed by atoms with Gasteiger partial charge in [-0.3, -0.25) is 0 Å². The van der Waals surface area contributed by atoms with Crippen molar-refractivity contribution in [2.45, 2.75) is 13.5 Å². The zero-order valence-corrected chi connectivity index (χ0v) is 8.98. The second kappa shape index (κ2) is 4.76. The summed E-state index contributed by atoms with van der Waals surface area (Å²) in [6.07, 6.45) is 0. The number of methoxy groups -OCH3 is 1. The zero-order valence-electron chi connectivity index (χ0n) is 8.98. The Kier molecular flexibility index (Phi) is 3.63. The minimum absolute atomic E-state index is 0.00162. The van der Waals surface area contributed by atoms with Gasteiger partial charge in [-0.05, 0) is 18.6 Å². The van der Waals surface area contributed by atoms with Crippen LogP contribution in [0.4, 0.5) is 0 Å². The molecule has 0 aromatic heterocycles. The Morgan fingerprint density at radius 2 is 1.88 bits per heavy atom. The third kappa shape index (κ3) is 2.20. The highest BCUT2D eigenvalue weighted by molar-refractivity contribution is 5.97. The van der Waals surface area contributed by atoms with Crippen LogP contribution in [0.15, 0.2) is 12.1 Å². The van der Waals surface area contributed by atoms with Gasteiger partial charge in [-0.1, -0.05) is 6.07 Å². The predicted molar refractivity (Wildman–Crippen MR) is 55.8 cm³/mol. The van der Waals surface area contributed by atoms with Crippen LogP contribution in [-0.4, -0.2) is 29.3 Å². The smallest absolute Gasteiger partial charge is 0.336 e. The van der Waals surface area contributed by atoms with Crippen molar-refractivity contribution in [1.82, 2.24) is 0 Å². The molecule has 0 amide bonds. The van der Waals surface area contributed by atoms with Crippen LogP contribution < -0.4 is 0 Å². The Morgan fingerprint density at radius 1 is 1.25 bits per heavy atom. The lowest BCUT2D eigenvalue weighted by molar-refractivity contribution is 0.0687. The molecule has 0 radical (unpaired) electrons. The summed E-state index contributed by atoms with van der Waals surface area (Å²) in [6, 6.07) is 2.87. The summed E-state index contributed by atoms with van der Waals surface area (Å²) in [5, 5.41) is 18.0. The molecular formula is C11H12O5. The van der Waals surface area contributed by atoms with Crippen LogP contribution in [0.3, 0.4) is 0 Å². The minimum atomic E-state index is -1.16. The first-order chi connectivity index (χ1) is 7.49. The first kappa shape index (κ1) is 12.2. The van der Waals surface area contributed by atoms with Crippen LogP contribution in [0.2, 0.25) is 0 Å². The molecular weight excluding hydrogens is 212 g/mol. The van der Waals surface area contributed by atoms with Crippen molar-refractivity contribution in [1.29, 1.82) is 0 Å². The molecule has 0 bridgehead atoms. The van der Waals surface area contributed by atoms with Gasteiger partial charge in [0.15, 0.2) is 0 Å². The van der Waals surface area contributed by atoms with E-state index in [1.165, 1.54) is 19.2 Å². The maximum absolute atomic E-state index is 11.0. The van der Waals surface area contributed by atoms with Crippen molar-refractivity contribution in [2.75, 3.05) is 7.11 Å². The molecule has 1 aromatic carbocycles. The summed E-state index contributed by atoms with van der Waals surface area (Å²) >= 11 is 0. The van der Waals surface area contributed by atoms with Crippen molar-refractivity contribution in [2.24, 2.45) is 0 Å². The lowest BCUT2D eigenvalue weighted by atomic mass is 9.97. The van der Waals surface area contributed by atoms with Crippen LogP contribution >= 0.6 is 0 Å². The number of aromatic carboxylic acids is 2. The van der Waals surface area contributed by atoms with Gasteiger partial charge in [-0.2, -0.15) is 0 Å². The molecule has 0 fully saturated rings. The SMILES string of the molecule is COCc1c(C(=O)O)ccc(C)c1C(=O)O. The Morgan fingerprint density at radius 3 is 2.31 bits per heavy atom. The maximum Gasteiger partial charge on any atom is 0.336 e. The molecule has 0 aliphatic heterocycles. The average Bonchev–Trinajstić information content (AvgIpc) is 2.17. The molecule has 1 rings (SSSR count). The minimum Gasteiger partial charge on any atom is -0.478 e. The molecule has 0 unspecified atom stereocenters. The van der Waals surface area contributed by atoms with Crippen molar-refractivity contribution >= 4 is 11.9 Å². The molecule has 0 atom stereocenters. The number of carboxylic acids is 2. The fourth-order valence-corrected chi connectivity index (χ4v) is 1.56. The fourth-order valence-electron chi connectivity index (χ4n) is 1.56. The number of benzene rings is 1. The van der Waals surface area contributed by atoms with Crippen molar-refractivity contribution in [3.8, 4) is 0 Å². The van der Waals surface area contributed by atoms with Crippen LogP contribution in [0, 0.1) is 6.92 Å². The second-order valence-electron chi connectivity index (χ2n) is 3.33. The third-order valence-electron chi connectivity index (χ3n) is 2.25. The van der Waals surface area contributed by atoms with E-state index >= 15 is 0 Å². The molecule has 0 saturated heterocycles. The Hall–Kier alpha value is -1.88. The van der Waals surface area contributed by atoms with E-state index in [1.54, 1.807) is 6.92 Å². The molecule has 2 N–H and O–H groups in total. The van der Waals surface area contributed by atoms with Crippen molar-refractivity contribution in [3.05, 3.63) is 34.4 Å². The highest BCUT2D eigenvalue weighted by atomic mass is 16.5. The summed E-state index contributed by atoms with van der Waals surface area (Å²) in [7, 11) is 1.39. The van der Waals surface area contributed by atoms with E-state index in [4.69, 9.17) is 14.9 Å². The number of aryl methyl sites for hydroxylation is 1. The average molecular weight is 224 g/mol. The van der Waals surface area contributed by atoms with Gasteiger partial charge in [0.2, 0.25) is 0 Å². The summed E-state index contributed by atoms with van der Waals surface area (Å²) in [4.78, 5) is 22.0. The lowest BCUT2D eigenvalue weighted by Crippen LogP contribution is -2.12. The molecule has 1 aromatic rings. The van der Waals surface area contributed by atoms with E-state index < -0.39 is 11.9 Å². The van der Waals surface area contributed by atoms with Gasteiger partial charge in [0.25, 0.3) is 0 Å².